The molecule has 1 saturated heterocycles. The number of hydrogen-bond donors (Lipinski definition) is 0. The summed E-state index contributed by atoms with van der Waals surface area (Å²) in [5.41, 5.74) is 0. The number of allylic oxidation sites excluding steroid dienone is 4. The van der Waals surface area contributed by atoms with Gasteiger partial charge in [0.1, 0.15) is 13.1 Å². The van der Waals surface area contributed by atoms with Gasteiger partial charge >= 0.3 is 0 Å². The minimum Gasteiger partial charge on any atom is -0.370 e. The minimum atomic E-state index is 0.366. The molecule has 1 amide bonds. The van der Waals surface area contributed by atoms with E-state index >= 15 is 0 Å². The first-order valence-corrected chi connectivity index (χ1v) is 20.2. The highest BCUT2D eigenvalue weighted by atomic mass is 16.5. The van der Waals surface area contributed by atoms with Crippen molar-refractivity contribution in [2.45, 2.75) is 194 Å². The summed E-state index contributed by atoms with van der Waals surface area (Å²) in [4.78, 5) is 13.4. The van der Waals surface area contributed by atoms with E-state index in [-0.39, 0.29) is 0 Å². The average molecular weight is 632 g/mol. The van der Waals surface area contributed by atoms with Crippen LogP contribution in [0.2, 0.25) is 0 Å². The molecule has 1 aliphatic rings. The second-order valence-corrected chi connectivity index (χ2v) is 14.2. The van der Waals surface area contributed by atoms with Crippen molar-refractivity contribution >= 4 is 5.91 Å². The highest BCUT2D eigenvalue weighted by molar-refractivity contribution is 5.74. The number of amides is 1. The lowest BCUT2D eigenvalue weighted by Crippen LogP contribution is -2.64. The first kappa shape index (κ1) is 41.9. The van der Waals surface area contributed by atoms with E-state index < -0.39 is 0 Å². The van der Waals surface area contributed by atoms with Crippen LogP contribution in [-0.4, -0.2) is 55.4 Å². The lowest BCUT2D eigenvalue weighted by atomic mass is 10.1. The Morgan fingerprint density at radius 2 is 0.889 bits per heavy atom. The van der Waals surface area contributed by atoms with Gasteiger partial charge in [0.15, 0.2) is 0 Å². The summed E-state index contributed by atoms with van der Waals surface area (Å²) in [6.45, 7) is 8.85. The molecule has 1 heterocycles. The molecule has 1 rings (SSSR count). The number of carbonyl (C=O) groups excluding carboxylic acids is 1. The molecule has 0 aromatic carbocycles. The van der Waals surface area contributed by atoms with Crippen LogP contribution in [0.25, 0.3) is 0 Å². The topological polar surface area (TPSA) is 29.5 Å². The Morgan fingerprint density at radius 1 is 0.533 bits per heavy atom. The second kappa shape index (κ2) is 31.5. The SMILES string of the molecule is CCCCCCCC/C=C/CCCCCCCCN(C(=O)CCCCCCC/C=C/CCCCCCCC)[N+]1(C)CCOCC1. The van der Waals surface area contributed by atoms with Gasteiger partial charge in [0.25, 0.3) is 5.91 Å². The molecule has 0 unspecified atom stereocenters. The van der Waals surface area contributed by atoms with Gasteiger partial charge in [-0.2, -0.15) is 5.01 Å². The Hall–Kier alpha value is -1.13. The highest BCUT2D eigenvalue weighted by Crippen LogP contribution is 2.19. The molecule has 0 aromatic heterocycles. The summed E-state index contributed by atoms with van der Waals surface area (Å²) in [6, 6.07) is 0. The van der Waals surface area contributed by atoms with Crippen molar-refractivity contribution in [1.29, 1.82) is 0 Å². The van der Waals surface area contributed by atoms with Crippen molar-refractivity contribution in [1.82, 2.24) is 5.01 Å². The van der Waals surface area contributed by atoms with E-state index in [1.54, 1.807) is 0 Å². The summed E-state index contributed by atoms with van der Waals surface area (Å²) in [6.07, 6.45) is 45.7. The van der Waals surface area contributed by atoms with Gasteiger partial charge < -0.3 is 4.74 Å². The zero-order valence-electron chi connectivity index (χ0n) is 30.9. The largest absolute Gasteiger partial charge is 0.370 e. The maximum absolute atomic E-state index is 13.4. The Labute approximate surface area is 282 Å². The number of likely N-dealkylation sites (N-methyl/N-ethyl adjacent to an activating group) is 1. The third-order valence-electron chi connectivity index (χ3n) is 9.84. The van der Waals surface area contributed by atoms with Crippen LogP contribution in [0.1, 0.15) is 194 Å². The van der Waals surface area contributed by atoms with Crippen molar-refractivity contribution in [2.24, 2.45) is 0 Å². The Kier molecular flexibility index (Phi) is 29.3. The maximum atomic E-state index is 13.4. The third kappa shape index (κ3) is 24.7. The number of morpholine rings is 1. The van der Waals surface area contributed by atoms with Gasteiger partial charge in [-0.25, -0.2) is 4.59 Å². The first-order valence-electron chi connectivity index (χ1n) is 20.2. The van der Waals surface area contributed by atoms with Crippen LogP contribution in [0.4, 0.5) is 0 Å². The number of rotatable bonds is 32. The summed E-state index contributed by atoms with van der Waals surface area (Å²) >= 11 is 0. The summed E-state index contributed by atoms with van der Waals surface area (Å²) in [5.74, 6) is 0.366. The molecular formula is C41H79N2O2+. The molecule has 1 aliphatic heterocycles. The normalized spacial score (nSPS) is 15.0. The van der Waals surface area contributed by atoms with E-state index in [1.807, 2.05) is 0 Å². The lowest BCUT2D eigenvalue weighted by Gasteiger charge is -2.44. The highest BCUT2D eigenvalue weighted by Gasteiger charge is 2.36. The summed E-state index contributed by atoms with van der Waals surface area (Å²) in [5, 5.41) is 2.21. The van der Waals surface area contributed by atoms with E-state index in [1.165, 1.54) is 161 Å². The number of unbranched alkanes of at least 4 members (excludes halogenated alkanes) is 23. The monoisotopic (exact) mass is 632 g/mol. The van der Waals surface area contributed by atoms with Crippen LogP contribution >= 0.6 is 0 Å². The van der Waals surface area contributed by atoms with Gasteiger partial charge in [0, 0.05) is 6.42 Å². The number of ether oxygens (including phenoxy) is 1. The molecule has 0 radical (unpaired) electrons. The van der Waals surface area contributed by atoms with Crippen LogP contribution in [0.15, 0.2) is 24.3 Å². The number of carbonyl (C=O) groups is 1. The van der Waals surface area contributed by atoms with Crippen LogP contribution in [0, 0.1) is 0 Å². The van der Waals surface area contributed by atoms with Crippen LogP contribution in [0.3, 0.4) is 0 Å². The van der Waals surface area contributed by atoms with Gasteiger partial charge in [0.2, 0.25) is 0 Å². The number of hydrogen-bond acceptors (Lipinski definition) is 2. The lowest BCUT2D eigenvalue weighted by molar-refractivity contribution is -1.01. The smallest absolute Gasteiger partial charge is 0.267 e. The second-order valence-electron chi connectivity index (χ2n) is 14.2. The van der Waals surface area contributed by atoms with Gasteiger partial charge in [-0.15, -0.1) is 0 Å². The summed E-state index contributed by atoms with van der Waals surface area (Å²) < 4.78 is 6.40. The predicted octanol–water partition coefficient (Wildman–Crippen LogP) is 12.3. The molecule has 1 fully saturated rings. The Bertz CT molecular complexity index is 698. The zero-order chi connectivity index (χ0) is 32.5. The molecular weight excluding hydrogens is 552 g/mol. The molecule has 4 nitrogen and oxygen atoms in total. The summed E-state index contributed by atoms with van der Waals surface area (Å²) in [7, 11) is 2.25. The predicted molar refractivity (Wildman–Crippen MR) is 197 cm³/mol. The van der Waals surface area contributed by atoms with Gasteiger partial charge in [-0.05, 0) is 64.2 Å². The molecule has 0 spiro atoms. The first-order chi connectivity index (χ1) is 22.1. The van der Waals surface area contributed by atoms with Gasteiger partial charge in [-0.1, -0.05) is 147 Å². The van der Waals surface area contributed by atoms with Gasteiger partial charge in [0.05, 0.1) is 26.8 Å². The number of nitrogens with zero attached hydrogens (tertiary/aromatic N) is 2. The van der Waals surface area contributed by atoms with Crippen LogP contribution < -0.4 is 0 Å². The molecule has 264 valence electrons. The van der Waals surface area contributed by atoms with E-state index in [0.717, 1.165) is 50.3 Å². The molecule has 0 aliphatic carbocycles. The number of quaternary nitrogens is 1. The van der Waals surface area contributed by atoms with E-state index in [0.29, 0.717) is 12.3 Å². The van der Waals surface area contributed by atoms with E-state index in [4.69, 9.17) is 4.74 Å². The quantitative estimate of drug-likeness (QED) is 0.0420. The molecule has 0 bridgehead atoms. The van der Waals surface area contributed by atoms with Crippen molar-refractivity contribution in [3.05, 3.63) is 24.3 Å². The fourth-order valence-electron chi connectivity index (χ4n) is 6.60. The van der Waals surface area contributed by atoms with Crippen molar-refractivity contribution in [3.63, 3.8) is 0 Å². The Balaban J connectivity index is 2.13. The standard InChI is InChI=1S/C41H79N2O2/c1-4-6-8-10-12-14-16-18-20-22-24-26-28-30-32-34-36-42(43(3)37-39-45-40-38-43)41(44)35-33-31-29-27-25-23-21-19-17-15-13-11-9-7-5-2/h18-21H,4-17,22-40H2,1-3H3/q+1/b20-18+,21-19+. The molecule has 0 saturated carbocycles. The zero-order valence-corrected chi connectivity index (χ0v) is 30.9. The molecule has 0 N–H and O–H groups in total. The maximum Gasteiger partial charge on any atom is 0.267 e. The fourth-order valence-corrected chi connectivity index (χ4v) is 6.60. The van der Waals surface area contributed by atoms with Crippen LogP contribution in [0.5, 0.6) is 0 Å². The molecule has 45 heavy (non-hydrogen) atoms. The van der Waals surface area contributed by atoms with Crippen LogP contribution in [-0.2, 0) is 9.53 Å². The van der Waals surface area contributed by atoms with Crippen molar-refractivity contribution in [2.75, 3.05) is 39.9 Å². The fraction of sp³-hybridized carbons (Fsp3) is 0.878. The van der Waals surface area contributed by atoms with E-state index in [9.17, 15) is 4.79 Å². The third-order valence-corrected chi connectivity index (χ3v) is 9.84. The van der Waals surface area contributed by atoms with Crippen molar-refractivity contribution < 1.29 is 14.1 Å². The Morgan fingerprint density at radius 3 is 1.31 bits per heavy atom. The minimum absolute atomic E-state index is 0.366. The average Bonchev–Trinajstić information content (AvgIpc) is 3.04. The molecule has 0 atom stereocenters. The van der Waals surface area contributed by atoms with Crippen molar-refractivity contribution in [3.8, 4) is 0 Å². The molecule has 0 aromatic rings. The van der Waals surface area contributed by atoms with E-state index in [2.05, 4.69) is 50.2 Å². The molecule has 4 heteroatoms. The van der Waals surface area contributed by atoms with Gasteiger partial charge in [-0.3, -0.25) is 4.79 Å².